The van der Waals surface area contributed by atoms with Crippen molar-refractivity contribution < 1.29 is 0 Å². The second kappa shape index (κ2) is 2.01. The quantitative estimate of drug-likeness (QED) is 0.485. The standard InChI is InChI=1S/C6H10N2/c1-8-4-2-6(7)3-5-8/h2-6H,7H2,1H3. The van der Waals surface area contributed by atoms with Crippen LogP contribution in [0.5, 0.6) is 0 Å². The molecule has 0 aromatic heterocycles. The minimum Gasteiger partial charge on any atom is -0.358 e. The molecule has 0 unspecified atom stereocenters. The van der Waals surface area contributed by atoms with Crippen LogP contribution in [0.1, 0.15) is 0 Å². The van der Waals surface area contributed by atoms with Crippen molar-refractivity contribution >= 4 is 0 Å². The predicted molar refractivity (Wildman–Crippen MR) is 34.0 cm³/mol. The van der Waals surface area contributed by atoms with Gasteiger partial charge in [-0.05, 0) is 12.2 Å². The molecule has 0 radical (unpaired) electrons. The molecule has 0 amide bonds. The highest BCUT2D eigenvalue weighted by Gasteiger charge is 1.94. The summed E-state index contributed by atoms with van der Waals surface area (Å²) in [5.74, 6) is 0. The zero-order chi connectivity index (χ0) is 5.98. The lowest BCUT2D eigenvalue weighted by Gasteiger charge is -2.13. The molecule has 2 nitrogen and oxygen atoms in total. The first-order valence-electron chi connectivity index (χ1n) is 2.63. The van der Waals surface area contributed by atoms with Crippen molar-refractivity contribution in [2.75, 3.05) is 7.05 Å². The van der Waals surface area contributed by atoms with Gasteiger partial charge in [0.15, 0.2) is 0 Å². The van der Waals surface area contributed by atoms with Crippen LogP contribution in [0.25, 0.3) is 0 Å². The topological polar surface area (TPSA) is 29.3 Å². The van der Waals surface area contributed by atoms with E-state index in [1.807, 2.05) is 36.5 Å². The monoisotopic (exact) mass is 110 g/mol. The Morgan fingerprint density at radius 1 is 1.38 bits per heavy atom. The van der Waals surface area contributed by atoms with E-state index in [-0.39, 0.29) is 6.04 Å². The molecule has 8 heavy (non-hydrogen) atoms. The fourth-order valence-electron chi connectivity index (χ4n) is 0.584. The zero-order valence-corrected chi connectivity index (χ0v) is 4.91. The summed E-state index contributed by atoms with van der Waals surface area (Å²) in [6, 6.07) is 0.117. The number of rotatable bonds is 0. The maximum atomic E-state index is 5.50. The molecule has 2 N–H and O–H groups in total. The van der Waals surface area contributed by atoms with Crippen LogP contribution in [0.15, 0.2) is 24.6 Å². The maximum Gasteiger partial charge on any atom is 0.0444 e. The van der Waals surface area contributed by atoms with E-state index in [1.165, 1.54) is 0 Å². The number of nitrogens with two attached hydrogens (primary N) is 1. The van der Waals surface area contributed by atoms with Gasteiger partial charge in [-0.3, -0.25) is 0 Å². The Labute approximate surface area is 49.3 Å². The van der Waals surface area contributed by atoms with E-state index in [2.05, 4.69) is 0 Å². The lowest BCUT2D eigenvalue weighted by molar-refractivity contribution is 0.604. The summed E-state index contributed by atoms with van der Waals surface area (Å²) in [6.07, 6.45) is 7.79. The van der Waals surface area contributed by atoms with Gasteiger partial charge < -0.3 is 10.6 Å². The molecule has 0 bridgehead atoms. The van der Waals surface area contributed by atoms with Crippen LogP contribution in [-0.4, -0.2) is 18.0 Å². The Bertz CT molecular complexity index is 98.5. The van der Waals surface area contributed by atoms with Gasteiger partial charge in [0.05, 0.1) is 0 Å². The van der Waals surface area contributed by atoms with Crippen molar-refractivity contribution in [2.45, 2.75) is 6.04 Å². The number of nitrogens with zero attached hydrogens (tertiary/aromatic N) is 1. The molecule has 0 aromatic rings. The molecule has 1 heterocycles. The Balaban J connectivity index is 2.54. The lowest BCUT2D eigenvalue weighted by atomic mass is 10.2. The van der Waals surface area contributed by atoms with E-state index >= 15 is 0 Å². The molecular formula is C6H10N2. The van der Waals surface area contributed by atoms with Gasteiger partial charge in [-0.25, -0.2) is 0 Å². The van der Waals surface area contributed by atoms with E-state index in [4.69, 9.17) is 5.73 Å². The number of hydrogen-bond acceptors (Lipinski definition) is 2. The van der Waals surface area contributed by atoms with Crippen molar-refractivity contribution in [3.8, 4) is 0 Å². The molecule has 0 aliphatic carbocycles. The lowest BCUT2D eigenvalue weighted by Crippen LogP contribution is -2.19. The van der Waals surface area contributed by atoms with Gasteiger partial charge in [0.25, 0.3) is 0 Å². The van der Waals surface area contributed by atoms with E-state index in [9.17, 15) is 0 Å². The summed E-state index contributed by atoms with van der Waals surface area (Å²) < 4.78 is 0. The Morgan fingerprint density at radius 2 is 1.88 bits per heavy atom. The summed E-state index contributed by atoms with van der Waals surface area (Å²) in [5, 5.41) is 0. The maximum absolute atomic E-state index is 5.50. The van der Waals surface area contributed by atoms with Gasteiger partial charge in [0.1, 0.15) is 0 Å². The van der Waals surface area contributed by atoms with Gasteiger partial charge in [-0.2, -0.15) is 0 Å². The second-order valence-corrected chi connectivity index (χ2v) is 1.93. The van der Waals surface area contributed by atoms with Crippen LogP contribution in [0, 0.1) is 0 Å². The Kier molecular flexibility index (Phi) is 1.35. The summed E-state index contributed by atoms with van der Waals surface area (Å²) in [4.78, 5) is 1.96. The van der Waals surface area contributed by atoms with Crippen molar-refractivity contribution in [2.24, 2.45) is 5.73 Å². The summed E-state index contributed by atoms with van der Waals surface area (Å²) in [7, 11) is 1.97. The van der Waals surface area contributed by atoms with E-state index in [0.717, 1.165) is 0 Å². The predicted octanol–water partition coefficient (Wildman–Crippen LogP) is 0.287. The third-order valence-electron chi connectivity index (χ3n) is 1.09. The molecule has 1 aliphatic heterocycles. The molecule has 0 atom stereocenters. The minimum absolute atomic E-state index is 0.117. The molecule has 2 heteroatoms. The first-order valence-corrected chi connectivity index (χ1v) is 2.63. The van der Waals surface area contributed by atoms with Crippen LogP contribution < -0.4 is 5.73 Å². The Hall–Kier alpha value is -0.760. The van der Waals surface area contributed by atoms with Crippen LogP contribution in [0.3, 0.4) is 0 Å². The molecule has 0 spiro atoms. The SMILES string of the molecule is CN1C=CC(N)C=C1. The van der Waals surface area contributed by atoms with Crippen LogP contribution >= 0.6 is 0 Å². The average Bonchev–Trinajstić information content (AvgIpc) is 1.77. The zero-order valence-electron chi connectivity index (χ0n) is 4.91. The molecule has 0 aromatic carbocycles. The van der Waals surface area contributed by atoms with Crippen LogP contribution in [0.4, 0.5) is 0 Å². The normalized spacial score (nSPS) is 20.0. The molecule has 1 rings (SSSR count). The first-order chi connectivity index (χ1) is 3.79. The van der Waals surface area contributed by atoms with Gasteiger partial charge >= 0.3 is 0 Å². The van der Waals surface area contributed by atoms with Gasteiger partial charge in [-0.1, -0.05) is 0 Å². The fraction of sp³-hybridized carbons (Fsp3) is 0.333. The third-order valence-corrected chi connectivity index (χ3v) is 1.09. The summed E-state index contributed by atoms with van der Waals surface area (Å²) in [6.45, 7) is 0. The third kappa shape index (κ3) is 1.10. The van der Waals surface area contributed by atoms with Crippen molar-refractivity contribution in [3.63, 3.8) is 0 Å². The molecule has 1 aliphatic rings. The smallest absolute Gasteiger partial charge is 0.0444 e. The van der Waals surface area contributed by atoms with Crippen LogP contribution in [-0.2, 0) is 0 Å². The van der Waals surface area contributed by atoms with E-state index in [1.54, 1.807) is 0 Å². The second-order valence-electron chi connectivity index (χ2n) is 1.93. The molecule has 0 saturated carbocycles. The molecular weight excluding hydrogens is 100 g/mol. The van der Waals surface area contributed by atoms with E-state index < -0.39 is 0 Å². The summed E-state index contributed by atoms with van der Waals surface area (Å²) in [5.41, 5.74) is 5.50. The first kappa shape index (κ1) is 5.38. The molecule has 0 fully saturated rings. The minimum atomic E-state index is 0.117. The van der Waals surface area contributed by atoms with Crippen molar-refractivity contribution in [3.05, 3.63) is 24.6 Å². The largest absolute Gasteiger partial charge is 0.358 e. The highest BCUT2D eigenvalue weighted by molar-refractivity contribution is 5.09. The van der Waals surface area contributed by atoms with Crippen molar-refractivity contribution in [1.82, 2.24) is 4.90 Å². The average molecular weight is 110 g/mol. The molecule has 44 valence electrons. The number of hydrogen-bond donors (Lipinski definition) is 1. The van der Waals surface area contributed by atoms with E-state index in [0.29, 0.717) is 0 Å². The van der Waals surface area contributed by atoms with Crippen LogP contribution in [0.2, 0.25) is 0 Å². The fourth-order valence-corrected chi connectivity index (χ4v) is 0.584. The van der Waals surface area contributed by atoms with Gasteiger partial charge in [0.2, 0.25) is 0 Å². The van der Waals surface area contributed by atoms with Gasteiger partial charge in [0, 0.05) is 25.5 Å². The Morgan fingerprint density at radius 3 is 2.25 bits per heavy atom. The highest BCUT2D eigenvalue weighted by Crippen LogP contribution is 1.96. The highest BCUT2D eigenvalue weighted by atomic mass is 15.1. The summed E-state index contributed by atoms with van der Waals surface area (Å²) >= 11 is 0. The molecule has 0 saturated heterocycles. The van der Waals surface area contributed by atoms with Crippen molar-refractivity contribution in [1.29, 1.82) is 0 Å². The van der Waals surface area contributed by atoms with Gasteiger partial charge in [-0.15, -0.1) is 0 Å².